The van der Waals surface area contributed by atoms with Gasteiger partial charge in [-0.25, -0.2) is 0 Å². The second-order valence-corrected chi connectivity index (χ2v) is 25.9. The summed E-state index contributed by atoms with van der Waals surface area (Å²) in [5.74, 6) is -0.236. The normalized spacial score (nSPS) is 14.7. The molecule has 0 aliphatic carbocycles. The monoisotopic (exact) mass is 1240 g/mol. The zero-order chi connectivity index (χ0) is 64.1. The van der Waals surface area contributed by atoms with Crippen LogP contribution in [0.4, 0.5) is 0 Å². The van der Waals surface area contributed by atoms with Crippen LogP contribution in [0.3, 0.4) is 0 Å². The van der Waals surface area contributed by atoms with Gasteiger partial charge in [0.15, 0.2) is 0 Å². The number of unbranched alkanes of at least 4 members (excludes halogenated alkanes) is 24. The highest BCUT2D eigenvalue weighted by molar-refractivity contribution is 7.45. The Labute approximate surface area is 543 Å². The van der Waals surface area contributed by atoms with Gasteiger partial charge in [0.2, 0.25) is 5.91 Å². The van der Waals surface area contributed by atoms with Gasteiger partial charge < -0.3 is 28.8 Å². The Kier molecular flexibility index (Phi) is 64.1. The fourth-order valence-electron chi connectivity index (χ4n) is 9.45. The average molecular weight is 1240 g/mol. The third kappa shape index (κ3) is 69.3. The van der Waals surface area contributed by atoms with Gasteiger partial charge in [0.05, 0.1) is 39.9 Å². The first-order chi connectivity index (χ1) is 43.0. The summed E-state index contributed by atoms with van der Waals surface area (Å²) in [4.78, 5) is 25.6. The van der Waals surface area contributed by atoms with E-state index in [-0.39, 0.29) is 12.5 Å². The van der Waals surface area contributed by atoms with Crippen molar-refractivity contribution < 1.29 is 32.9 Å². The minimum Gasteiger partial charge on any atom is -0.756 e. The molecule has 0 aromatic carbocycles. The summed E-state index contributed by atoms with van der Waals surface area (Å²) in [6, 6.07) is -0.932. The topological polar surface area (TPSA) is 108 Å². The zero-order valence-electron chi connectivity index (χ0n) is 57.1. The van der Waals surface area contributed by atoms with Crippen LogP contribution >= 0.6 is 7.82 Å². The lowest BCUT2D eigenvalue weighted by atomic mass is 10.0. The summed E-state index contributed by atoms with van der Waals surface area (Å²) in [6.45, 7) is 4.50. The van der Waals surface area contributed by atoms with E-state index in [0.717, 1.165) is 122 Å². The lowest BCUT2D eigenvalue weighted by molar-refractivity contribution is -0.870. The number of aliphatic hydroxyl groups excluding tert-OH is 1. The molecule has 0 aromatic heterocycles. The number of amides is 1. The molecule has 0 aliphatic rings. The van der Waals surface area contributed by atoms with Gasteiger partial charge in [-0.3, -0.25) is 9.36 Å². The summed E-state index contributed by atoms with van der Waals surface area (Å²) in [6.07, 6.45) is 106. The summed E-state index contributed by atoms with van der Waals surface area (Å²) in [5, 5.41) is 13.9. The van der Waals surface area contributed by atoms with E-state index in [9.17, 15) is 19.4 Å². The van der Waals surface area contributed by atoms with Crippen molar-refractivity contribution in [1.29, 1.82) is 0 Å². The van der Waals surface area contributed by atoms with E-state index in [0.29, 0.717) is 23.9 Å². The minimum absolute atomic E-state index is 0.0204. The zero-order valence-corrected chi connectivity index (χ0v) is 58.0. The van der Waals surface area contributed by atoms with Crippen LogP contribution in [0.2, 0.25) is 0 Å². The lowest BCUT2D eigenvalue weighted by Crippen LogP contribution is -2.45. The van der Waals surface area contributed by atoms with Gasteiger partial charge in [-0.2, -0.15) is 0 Å². The Morgan fingerprint density at radius 2 is 0.705 bits per heavy atom. The third-order valence-electron chi connectivity index (χ3n) is 14.9. The van der Waals surface area contributed by atoms with E-state index in [1.54, 1.807) is 6.08 Å². The molecule has 0 spiro atoms. The van der Waals surface area contributed by atoms with Crippen LogP contribution in [0.15, 0.2) is 170 Å². The number of hydrogen-bond acceptors (Lipinski definition) is 6. The molecule has 0 fully saturated rings. The Bertz CT molecular complexity index is 2040. The van der Waals surface area contributed by atoms with E-state index < -0.39 is 26.6 Å². The van der Waals surface area contributed by atoms with Gasteiger partial charge in [-0.1, -0.05) is 312 Å². The maximum Gasteiger partial charge on any atom is 0.268 e. The lowest BCUT2D eigenvalue weighted by Gasteiger charge is -2.29. The van der Waals surface area contributed by atoms with Crippen molar-refractivity contribution in [3.63, 3.8) is 0 Å². The first-order valence-electron chi connectivity index (χ1n) is 35.5. The molecule has 0 bridgehead atoms. The number of nitrogens with one attached hydrogen (secondary N) is 1. The molecule has 3 unspecified atom stereocenters. The van der Waals surface area contributed by atoms with E-state index in [1.165, 1.54) is 122 Å². The highest BCUT2D eigenvalue weighted by Gasteiger charge is 2.23. The molecule has 1 amide bonds. The summed E-state index contributed by atoms with van der Waals surface area (Å²) in [7, 11) is 1.21. The van der Waals surface area contributed by atoms with E-state index in [1.807, 2.05) is 27.2 Å². The number of hydrogen-bond donors (Lipinski definition) is 2. The maximum atomic E-state index is 13.0. The minimum atomic E-state index is -4.63. The number of carbonyl (C=O) groups is 1. The number of likely N-dealkylation sites (N-methyl/N-ethyl adjacent to an activating group) is 1. The van der Waals surface area contributed by atoms with Crippen molar-refractivity contribution in [2.24, 2.45) is 0 Å². The predicted octanol–water partition coefficient (Wildman–Crippen LogP) is 22.5. The van der Waals surface area contributed by atoms with Crippen LogP contribution in [0.5, 0.6) is 0 Å². The molecule has 0 heterocycles. The van der Waals surface area contributed by atoms with E-state index in [2.05, 4.69) is 177 Å². The molecule has 0 rings (SSSR count). The summed E-state index contributed by atoms with van der Waals surface area (Å²) in [5.41, 5.74) is 0. The SMILES string of the molecule is CC/C=C\C/C=C\C/C=C\C/C=C\C/C=C\C/C=C\C/C=C\C/C=C\C/C=C\C/C=C\C/C=C\C/C=C\CCCCCCC(=O)NC(COP(=O)([O-])OCC[N+](C)(C)C)C(O)/C=C/CC/C=C/CCCCCCCCCCCCCCCCCCCCC. The average Bonchev–Trinajstić information content (AvgIpc) is 3.71. The summed E-state index contributed by atoms with van der Waals surface area (Å²) >= 11 is 0. The van der Waals surface area contributed by atoms with Crippen molar-refractivity contribution in [3.05, 3.63) is 170 Å². The third-order valence-corrected chi connectivity index (χ3v) is 15.9. The number of phosphoric acid groups is 1. The Hall–Kier alpha value is -4.14. The molecule has 500 valence electrons. The Morgan fingerprint density at radius 3 is 1.06 bits per heavy atom. The number of phosphoric ester groups is 1. The van der Waals surface area contributed by atoms with Gasteiger partial charge in [-0.15, -0.1) is 0 Å². The maximum absolute atomic E-state index is 13.0. The van der Waals surface area contributed by atoms with Crippen molar-refractivity contribution in [2.75, 3.05) is 40.9 Å². The van der Waals surface area contributed by atoms with E-state index >= 15 is 0 Å². The molecule has 3 atom stereocenters. The molecule has 0 aromatic rings. The van der Waals surface area contributed by atoms with Crippen molar-refractivity contribution >= 4 is 13.7 Å². The second kappa shape index (κ2) is 67.3. The van der Waals surface area contributed by atoms with Crippen LogP contribution < -0.4 is 10.2 Å². The molecule has 88 heavy (non-hydrogen) atoms. The van der Waals surface area contributed by atoms with Crippen LogP contribution in [-0.4, -0.2) is 68.5 Å². The van der Waals surface area contributed by atoms with Gasteiger partial charge in [0.1, 0.15) is 13.2 Å². The molecule has 0 radical (unpaired) electrons. The van der Waals surface area contributed by atoms with E-state index in [4.69, 9.17) is 9.05 Å². The molecule has 2 N–H and O–H groups in total. The smallest absolute Gasteiger partial charge is 0.268 e. The highest BCUT2D eigenvalue weighted by Crippen LogP contribution is 2.38. The Balaban J connectivity index is 4.24. The van der Waals surface area contributed by atoms with Gasteiger partial charge in [0, 0.05) is 6.42 Å². The largest absolute Gasteiger partial charge is 0.756 e. The van der Waals surface area contributed by atoms with Crippen LogP contribution in [0.25, 0.3) is 0 Å². The first kappa shape index (κ1) is 83.9. The van der Waals surface area contributed by atoms with Gasteiger partial charge >= 0.3 is 0 Å². The van der Waals surface area contributed by atoms with Crippen LogP contribution in [0, 0.1) is 0 Å². The van der Waals surface area contributed by atoms with Crippen molar-refractivity contribution in [3.8, 4) is 0 Å². The molecule has 8 nitrogen and oxygen atoms in total. The standard InChI is InChI=1S/C79H133N2O6P/c1-6-8-10-12-14-16-18-20-22-24-26-28-30-32-33-34-35-36-37-38-39-40-41-42-43-44-45-46-47-49-51-53-55-57-59-61-63-65-67-69-71-73-79(83)80-77(76-87-88(84,85)86-75-74-81(3,4)5)78(82)72-70-68-66-64-62-60-58-56-54-52-50-48-31-29-27-25-23-21-19-17-15-13-11-9-7-2/h8,10,14,16,20,22,26,28,32-33,35-36,38-39,41-42,44-45,47,49,53,55,59,61-62,64,70,72,77-78,82H,6-7,9,11-13,15,17-19,21,23-25,27,29-31,34,37,40,43,46,48,50-52,54,56-58,60,63,65-69,71,73-76H2,1-5H3,(H-,80,83,84,85)/b10-8-,16-14-,22-20-,28-26-,33-32-,36-35-,39-38-,42-41-,45-44-,49-47-,55-53-,61-59-,64-62+,72-70+. The van der Waals surface area contributed by atoms with Crippen molar-refractivity contribution in [1.82, 2.24) is 5.32 Å². The second-order valence-electron chi connectivity index (χ2n) is 24.5. The molecular weight excluding hydrogens is 1100 g/mol. The number of nitrogens with zero attached hydrogens (tertiary/aromatic N) is 1. The van der Waals surface area contributed by atoms with Gasteiger partial charge in [0.25, 0.3) is 7.82 Å². The van der Waals surface area contributed by atoms with Gasteiger partial charge in [-0.05, 0) is 122 Å². The fourth-order valence-corrected chi connectivity index (χ4v) is 10.2. The molecule has 0 saturated carbocycles. The summed E-state index contributed by atoms with van der Waals surface area (Å²) < 4.78 is 23.4. The van der Waals surface area contributed by atoms with Crippen LogP contribution in [0.1, 0.15) is 271 Å². The van der Waals surface area contributed by atoms with Crippen LogP contribution in [-0.2, 0) is 18.4 Å². The Morgan fingerprint density at radius 1 is 0.409 bits per heavy atom. The quantitative estimate of drug-likeness (QED) is 0.0272. The highest BCUT2D eigenvalue weighted by atomic mass is 31.2. The number of allylic oxidation sites excluding steroid dienone is 27. The number of rotatable bonds is 63. The van der Waals surface area contributed by atoms with Crippen molar-refractivity contribution in [2.45, 2.75) is 283 Å². The number of aliphatic hydroxyl groups is 1. The molecule has 9 heteroatoms. The molecule has 0 saturated heterocycles. The fraction of sp³-hybridized carbons (Fsp3) is 0.633. The molecule has 0 aliphatic heterocycles. The first-order valence-corrected chi connectivity index (χ1v) is 37.0. The molecular formula is C79H133N2O6P. The number of carbonyl (C=O) groups excluding carboxylic acids is 1. The predicted molar refractivity (Wildman–Crippen MR) is 384 cm³/mol. The number of quaternary nitrogens is 1.